The van der Waals surface area contributed by atoms with Crippen molar-refractivity contribution in [2.45, 2.75) is 0 Å². The van der Waals surface area contributed by atoms with Crippen molar-refractivity contribution in [2.24, 2.45) is 0 Å². The van der Waals surface area contributed by atoms with E-state index in [2.05, 4.69) is 130 Å². The molecule has 10 aromatic rings. The zero-order valence-corrected chi connectivity index (χ0v) is 25.8. The summed E-state index contributed by atoms with van der Waals surface area (Å²) in [5.41, 5.74) is 7.35. The van der Waals surface area contributed by atoms with E-state index >= 15 is 0 Å². The second-order valence-electron chi connectivity index (χ2n) is 11.6. The van der Waals surface area contributed by atoms with Crippen molar-refractivity contribution in [1.29, 1.82) is 0 Å². The first-order chi connectivity index (χ1) is 23.3. The fraction of sp³-hybridized carbons (Fsp3) is 0. The molecule has 10 rings (SSSR count). The van der Waals surface area contributed by atoms with Gasteiger partial charge in [-0.05, 0) is 60.7 Å². The Labute approximate surface area is 272 Å². The monoisotopic (exact) mass is 620 g/mol. The Bertz CT molecular complexity index is 2720. The fourth-order valence-corrected chi connectivity index (χ4v) is 7.66. The van der Waals surface area contributed by atoms with E-state index in [1.807, 2.05) is 24.3 Å². The average Bonchev–Trinajstić information content (AvgIpc) is 3.82. The average molecular weight is 621 g/mol. The second kappa shape index (κ2) is 10.2. The van der Waals surface area contributed by atoms with E-state index in [-0.39, 0.29) is 0 Å². The summed E-state index contributed by atoms with van der Waals surface area (Å²) in [6, 6.07) is 50.6. The first-order valence-corrected chi connectivity index (χ1v) is 16.3. The topological polar surface area (TPSA) is 61.4 Å². The molecule has 0 atom stereocenters. The minimum absolute atomic E-state index is 0.555. The molecule has 0 aliphatic carbocycles. The zero-order valence-electron chi connectivity index (χ0n) is 24.9. The van der Waals surface area contributed by atoms with Crippen LogP contribution in [-0.4, -0.2) is 29.1 Å². The summed E-state index contributed by atoms with van der Waals surface area (Å²) in [5.74, 6) is 1.72. The number of aromatic nitrogens is 6. The van der Waals surface area contributed by atoms with E-state index in [1.54, 1.807) is 11.3 Å². The standard InChI is InChI=1S/C40H24N6S/c1-2-12-26(13-3-1)45-32-18-8-6-16-29(32)30-24-25(22-23-35(30)45)37-42-38(39-41-31-17-7-11-21-36(31)47-39)44-40(43-37)46-33-19-9-4-14-27(33)28-15-5-10-20-34(28)46/h1-24H. The van der Waals surface area contributed by atoms with Gasteiger partial charge in [-0.1, -0.05) is 84.9 Å². The van der Waals surface area contributed by atoms with Crippen LogP contribution in [0.4, 0.5) is 0 Å². The van der Waals surface area contributed by atoms with Crippen molar-refractivity contribution in [3.8, 4) is 33.9 Å². The Hall–Kier alpha value is -6.18. The van der Waals surface area contributed by atoms with E-state index in [9.17, 15) is 0 Å². The lowest BCUT2D eigenvalue weighted by Gasteiger charge is -2.10. The third kappa shape index (κ3) is 4.03. The molecule has 0 unspecified atom stereocenters. The van der Waals surface area contributed by atoms with Gasteiger partial charge in [-0.25, -0.2) is 9.97 Å². The SMILES string of the molecule is c1ccc(-n2c3ccccc3c3cc(-c4nc(-c5nc6ccccc6s5)nc(-n5c6ccccc6c6ccccc65)n4)ccc32)cc1. The summed E-state index contributed by atoms with van der Waals surface area (Å²) < 4.78 is 5.56. The Morgan fingerprint density at radius 2 is 1.00 bits per heavy atom. The van der Waals surface area contributed by atoms with Crippen molar-refractivity contribution < 1.29 is 0 Å². The van der Waals surface area contributed by atoms with E-state index in [1.165, 1.54) is 5.39 Å². The first kappa shape index (κ1) is 26.1. The number of hydrogen-bond acceptors (Lipinski definition) is 5. The summed E-state index contributed by atoms with van der Waals surface area (Å²) in [6.07, 6.45) is 0. The molecule has 6 aromatic carbocycles. The number of nitrogens with zero attached hydrogens (tertiary/aromatic N) is 6. The molecular weight excluding hydrogens is 597 g/mol. The number of benzene rings is 6. The summed E-state index contributed by atoms with van der Waals surface area (Å²) in [4.78, 5) is 20.3. The largest absolute Gasteiger partial charge is 0.309 e. The maximum Gasteiger partial charge on any atom is 0.238 e. The predicted molar refractivity (Wildman–Crippen MR) is 193 cm³/mol. The molecule has 0 saturated carbocycles. The van der Waals surface area contributed by atoms with E-state index in [0.717, 1.165) is 64.7 Å². The Morgan fingerprint density at radius 1 is 0.426 bits per heavy atom. The van der Waals surface area contributed by atoms with Gasteiger partial charge in [0.2, 0.25) is 5.95 Å². The number of para-hydroxylation sites is 5. The molecule has 0 aliphatic heterocycles. The molecule has 0 amide bonds. The molecule has 220 valence electrons. The second-order valence-corrected chi connectivity index (χ2v) is 12.6. The lowest BCUT2D eigenvalue weighted by Crippen LogP contribution is -2.06. The maximum absolute atomic E-state index is 5.19. The zero-order chi connectivity index (χ0) is 30.9. The van der Waals surface area contributed by atoms with Crippen molar-refractivity contribution in [3.05, 3.63) is 146 Å². The van der Waals surface area contributed by atoms with Crippen LogP contribution in [-0.2, 0) is 0 Å². The van der Waals surface area contributed by atoms with Gasteiger partial charge in [-0.15, -0.1) is 11.3 Å². The highest BCUT2D eigenvalue weighted by Crippen LogP contribution is 2.37. The molecule has 47 heavy (non-hydrogen) atoms. The molecule has 0 N–H and O–H groups in total. The van der Waals surface area contributed by atoms with Gasteiger partial charge in [-0.3, -0.25) is 4.57 Å². The molecule has 0 spiro atoms. The summed E-state index contributed by atoms with van der Waals surface area (Å²) in [6.45, 7) is 0. The highest BCUT2D eigenvalue weighted by molar-refractivity contribution is 7.21. The lowest BCUT2D eigenvalue weighted by atomic mass is 10.1. The van der Waals surface area contributed by atoms with Crippen molar-refractivity contribution in [1.82, 2.24) is 29.1 Å². The van der Waals surface area contributed by atoms with Crippen LogP contribution in [0.1, 0.15) is 0 Å². The minimum atomic E-state index is 0.555. The van der Waals surface area contributed by atoms with Crippen LogP contribution >= 0.6 is 11.3 Å². The van der Waals surface area contributed by atoms with E-state index < -0.39 is 0 Å². The van der Waals surface area contributed by atoms with Gasteiger partial charge in [0.1, 0.15) is 0 Å². The van der Waals surface area contributed by atoms with Gasteiger partial charge < -0.3 is 4.57 Å². The molecule has 0 saturated heterocycles. The van der Waals surface area contributed by atoms with Crippen LogP contribution in [0.25, 0.3) is 87.7 Å². The third-order valence-electron chi connectivity index (χ3n) is 8.83. The van der Waals surface area contributed by atoms with Crippen LogP contribution < -0.4 is 0 Å². The van der Waals surface area contributed by atoms with Crippen LogP contribution in [0.15, 0.2) is 146 Å². The van der Waals surface area contributed by atoms with E-state index in [0.29, 0.717) is 17.6 Å². The van der Waals surface area contributed by atoms with Gasteiger partial charge in [0, 0.05) is 32.8 Å². The molecule has 4 heterocycles. The molecule has 0 bridgehead atoms. The maximum atomic E-state index is 5.19. The molecule has 4 aromatic heterocycles. The van der Waals surface area contributed by atoms with Crippen molar-refractivity contribution >= 4 is 65.2 Å². The number of thiazole rings is 1. The molecule has 7 heteroatoms. The smallest absolute Gasteiger partial charge is 0.238 e. The summed E-state index contributed by atoms with van der Waals surface area (Å²) >= 11 is 1.60. The number of hydrogen-bond donors (Lipinski definition) is 0. The van der Waals surface area contributed by atoms with Gasteiger partial charge in [0.15, 0.2) is 16.7 Å². The Morgan fingerprint density at radius 3 is 1.72 bits per heavy atom. The Kier molecular flexibility index (Phi) is 5.64. The number of fused-ring (bicyclic) bond motifs is 7. The third-order valence-corrected chi connectivity index (χ3v) is 9.87. The molecule has 0 aliphatic rings. The summed E-state index contributed by atoms with van der Waals surface area (Å²) in [5, 5.41) is 5.39. The highest BCUT2D eigenvalue weighted by Gasteiger charge is 2.20. The minimum Gasteiger partial charge on any atom is -0.309 e. The van der Waals surface area contributed by atoms with Crippen LogP contribution in [0.5, 0.6) is 0 Å². The van der Waals surface area contributed by atoms with Crippen LogP contribution in [0, 0.1) is 0 Å². The first-order valence-electron chi connectivity index (χ1n) is 15.5. The van der Waals surface area contributed by atoms with E-state index in [4.69, 9.17) is 19.9 Å². The fourth-order valence-electron chi connectivity index (χ4n) is 6.76. The highest BCUT2D eigenvalue weighted by atomic mass is 32.1. The molecule has 0 radical (unpaired) electrons. The van der Waals surface area contributed by atoms with Gasteiger partial charge in [-0.2, -0.15) is 9.97 Å². The van der Waals surface area contributed by atoms with Crippen LogP contribution in [0.2, 0.25) is 0 Å². The molecular formula is C40H24N6S. The summed E-state index contributed by atoms with van der Waals surface area (Å²) in [7, 11) is 0. The van der Waals surface area contributed by atoms with Gasteiger partial charge in [0.05, 0.1) is 32.3 Å². The van der Waals surface area contributed by atoms with Gasteiger partial charge >= 0.3 is 0 Å². The molecule has 0 fully saturated rings. The van der Waals surface area contributed by atoms with Crippen molar-refractivity contribution in [2.75, 3.05) is 0 Å². The van der Waals surface area contributed by atoms with Crippen molar-refractivity contribution in [3.63, 3.8) is 0 Å². The molecule has 6 nitrogen and oxygen atoms in total. The quantitative estimate of drug-likeness (QED) is 0.196. The van der Waals surface area contributed by atoms with Gasteiger partial charge in [0.25, 0.3) is 0 Å². The Balaban J connectivity index is 1.25. The van der Waals surface area contributed by atoms with Crippen LogP contribution in [0.3, 0.4) is 0 Å². The predicted octanol–water partition coefficient (Wildman–Crippen LogP) is 10.0. The normalized spacial score (nSPS) is 11.8. The lowest BCUT2D eigenvalue weighted by molar-refractivity contribution is 0.952. The number of rotatable bonds is 4.